The van der Waals surface area contributed by atoms with E-state index >= 15 is 0 Å². The monoisotopic (exact) mass is 364 g/mol. The van der Waals surface area contributed by atoms with Crippen molar-refractivity contribution < 1.29 is 23.5 Å². The van der Waals surface area contributed by atoms with E-state index in [4.69, 9.17) is 0 Å². The summed E-state index contributed by atoms with van der Waals surface area (Å²) in [6.07, 6.45) is 0.496. The molecule has 0 unspecified atom stereocenters. The van der Waals surface area contributed by atoms with Gasteiger partial charge in [0.05, 0.1) is 12.3 Å². The lowest BCUT2D eigenvalue weighted by Crippen LogP contribution is -2.51. The zero-order chi connectivity index (χ0) is 18.8. The van der Waals surface area contributed by atoms with Crippen molar-refractivity contribution in [2.24, 2.45) is 0 Å². The summed E-state index contributed by atoms with van der Waals surface area (Å²) in [6, 6.07) is 2.48. The highest BCUT2D eigenvalue weighted by Gasteiger charge is 2.30. The summed E-state index contributed by atoms with van der Waals surface area (Å²) in [4.78, 5) is 25.2. The molecule has 0 radical (unpaired) electrons. The van der Waals surface area contributed by atoms with Crippen LogP contribution in [0, 0.1) is 11.6 Å². The first-order chi connectivity index (χ1) is 12.4. The van der Waals surface area contributed by atoms with Gasteiger partial charge in [-0.15, -0.1) is 0 Å². The number of hydrogen-bond acceptors (Lipinski definition) is 4. The van der Waals surface area contributed by atoms with Gasteiger partial charge < -0.3 is 15.3 Å². The van der Waals surface area contributed by atoms with Crippen LogP contribution >= 0.6 is 0 Å². The van der Waals surface area contributed by atoms with E-state index < -0.39 is 36.1 Å². The Balaban J connectivity index is 1.86. The van der Waals surface area contributed by atoms with E-state index in [9.17, 15) is 23.5 Å². The summed E-state index contributed by atoms with van der Waals surface area (Å²) in [6.45, 7) is 1.33. The fraction of sp³-hybridized carbons (Fsp3) is 0.353. The van der Waals surface area contributed by atoms with E-state index in [0.29, 0.717) is 29.8 Å². The van der Waals surface area contributed by atoms with E-state index in [1.165, 1.54) is 17.9 Å². The minimum absolute atomic E-state index is 0.190. The van der Waals surface area contributed by atoms with Gasteiger partial charge in [0, 0.05) is 43.3 Å². The zero-order valence-electron chi connectivity index (χ0n) is 14.1. The smallest absolute Gasteiger partial charge is 0.247 e. The Bertz CT molecular complexity index is 853. The van der Waals surface area contributed by atoms with E-state index in [1.54, 1.807) is 0 Å². The molecule has 2 amide bonds. The highest BCUT2D eigenvalue weighted by atomic mass is 19.2. The Labute approximate surface area is 148 Å². The van der Waals surface area contributed by atoms with Crippen molar-refractivity contribution in [3.63, 3.8) is 0 Å². The molecule has 0 saturated carbocycles. The van der Waals surface area contributed by atoms with Gasteiger partial charge >= 0.3 is 0 Å². The topological polar surface area (TPSA) is 98.3 Å². The molecule has 1 atom stereocenters. The molecule has 0 fully saturated rings. The van der Waals surface area contributed by atoms with Crippen LogP contribution in [0.5, 0.6) is 0 Å². The number of aromatic amines is 1. The second-order valence-electron chi connectivity index (χ2n) is 6.10. The Morgan fingerprint density at radius 3 is 2.81 bits per heavy atom. The fourth-order valence-electron chi connectivity index (χ4n) is 3.02. The summed E-state index contributed by atoms with van der Waals surface area (Å²) < 4.78 is 26.7. The fourth-order valence-corrected chi connectivity index (χ4v) is 3.02. The number of aliphatic hydroxyl groups is 1. The number of halogens is 2. The number of fused-ring (bicyclic) bond motifs is 1. The third-order valence-corrected chi connectivity index (χ3v) is 4.30. The lowest BCUT2D eigenvalue weighted by Gasteiger charge is -2.30. The van der Waals surface area contributed by atoms with Gasteiger partial charge in [-0.2, -0.15) is 5.10 Å². The number of amides is 2. The van der Waals surface area contributed by atoms with Crippen molar-refractivity contribution in [2.75, 3.05) is 13.2 Å². The predicted octanol–water partition coefficient (Wildman–Crippen LogP) is 0.737. The highest BCUT2D eigenvalue weighted by molar-refractivity contribution is 5.87. The first kappa shape index (κ1) is 18.0. The molecular weight excluding hydrogens is 346 g/mol. The van der Waals surface area contributed by atoms with Gasteiger partial charge in [0.1, 0.15) is 6.04 Å². The summed E-state index contributed by atoms with van der Waals surface area (Å²) >= 11 is 0. The van der Waals surface area contributed by atoms with Crippen LogP contribution < -0.4 is 5.32 Å². The highest BCUT2D eigenvalue weighted by Crippen LogP contribution is 2.29. The molecule has 2 aromatic rings. The molecule has 0 spiro atoms. The van der Waals surface area contributed by atoms with Crippen molar-refractivity contribution in [1.82, 2.24) is 20.4 Å². The van der Waals surface area contributed by atoms with Crippen LogP contribution in [0.4, 0.5) is 8.78 Å². The van der Waals surface area contributed by atoms with Crippen LogP contribution in [0.1, 0.15) is 18.2 Å². The number of carbonyl (C=O) groups is 2. The number of aromatic nitrogens is 2. The van der Waals surface area contributed by atoms with Crippen molar-refractivity contribution in [3.05, 3.63) is 41.1 Å². The molecule has 1 aliphatic heterocycles. The number of rotatable bonds is 4. The van der Waals surface area contributed by atoms with Crippen molar-refractivity contribution >= 4 is 11.8 Å². The second-order valence-corrected chi connectivity index (χ2v) is 6.10. The lowest BCUT2D eigenvalue weighted by molar-refractivity contribution is -0.138. The molecule has 3 rings (SSSR count). The summed E-state index contributed by atoms with van der Waals surface area (Å²) in [5.74, 6) is -2.75. The summed E-state index contributed by atoms with van der Waals surface area (Å²) in [5, 5.41) is 18.8. The Hall–Kier alpha value is -2.81. The third kappa shape index (κ3) is 3.43. The van der Waals surface area contributed by atoms with Gasteiger partial charge in [-0.05, 0) is 18.2 Å². The molecule has 138 valence electrons. The molecular formula is C17H18F2N4O3. The van der Waals surface area contributed by atoms with Crippen LogP contribution in [0.25, 0.3) is 11.3 Å². The minimum atomic E-state index is -1.02. The van der Waals surface area contributed by atoms with E-state index in [0.717, 1.165) is 17.8 Å². The average Bonchev–Trinajstić information content (AvgIpc) is 3.04. The molecule has 3 N–H and O–H groups in total. The Morgan fingerprint density at radius 2 is 2.15 bits per heavy atom. The molecule has 1 aromatic heterocycles. The van der Waals surface area contributed by atoms with Gasteiger partial charge in [-0.25, -0.2) is 8.78 Å². The number of benzene rings is 1. The summed E-state index contributed by atoms with van der Waals surface area (Å²) in [7, 11) is 0. The third-order valence-electron chi connectivity index (χ3n) is 4.30. The number of nitrogens with one attached hydrogen (secondary N) is 2. The maximum absolute atomic E-state index is 13.5. The molecule has 0 bridgehead atoms. The number of hydrogen-bond donors (Lipinski definition) is 3. The van der Waals surface area contributed by atoms with Crippen LogP contribution in [-0.4, -0.2) is 51.2 Å². The quantitative estimate of drug-likeness (QED) is 0.745. The van der Waals surface area contributed by atoms with Crippen LogP contribution in [0.15, 0.2) is 18.2 Å². The van der Waals surface area contributed by atoms with Crippen LogP contribution in [-0.2, 0) is 22.6 Å². The van der Waals surface area contributed by atoms with Crippen molar-refractivity contribution in [3.8, 4) is 11.3 Å². The summed E-state index contributed by atoms with van der Waals surface area (Å²) in [5.41, 5.74) is 2.36. The molecule has 1 aromatic carbocycles. The van der Waals surface area contributed by atoms with Crippen molar-refractivity contribution in [1.29, 1.82) is 0 Å². The van der Waals surface area contributed by atoms with Gasteiger partial charge in [-0.1, -0.05) is 0 Å². The van der Waals surface area contributed by atoms with Gasteiger partial charge in [0.25, 0.3) is 0 Å². The SMILES string of the molecule is CC(=O)N[C@@H](CO)C(=O)N1CCc2[nH]nc(-c3ccc(F)c(F)c3)c2C1. The normalized spacial score (nSPS) is 14.7. The minimum Gasteiger partial charge on any atom is -0.394 e. The van der Waals surface area contributed by atoms with Crippen LogP contribution in [0.2, 0.25) is 0 Å². The first-order valence-corrected chi connectivity index (χ1v) is 8.09. The molecule has 0 aliphatic carbocycles. The van der Waals surface area contributed by atoms with Gasteiger partial charge in [0.2, 0.25) is 11.8 Å². The first-order valence-electron chi connectivity index (χ1n) is 8.09. The van der Waals surface area contributed by atoms with E-state index in [2.05, 4.69) is 15.5 Å². The predicted molar refractivity (Wildman–Crippen MR) is 87.8 cm³/mol. The maximum atomic E-state index is 13.5. The Morgan fingerprint density at radius 1 is 1.38 bits per heavy atom. The molecule has 2 heterocycles. The zero-order valence-corrected chi connectivity index (χ0v) is 14.1. The maximum Gasteiger partial charge on any atom is 0.247 e. The molecule has 26 heavy (non-hydrogen) atoms. The molecule has 0 saturated heterocycles. The molecule has 1 aliphatic rings. The van der Waals surface area contributed by atoms with Crippen LogP contribution in [0.3, 0.4) is 0 Å². The Kier molecular flexibility index (Phi) is 4.99. The number of H-pyrrole nitrogens is 1. The molecule has 9 heteroatoms. The largest absolute Gasteiger partial charge is 0.394 e. The van der Waals surface area contributed by atoms with Gasteiger partial charge in [-0.3, -0.25) is 14.7 Å². The number of carbonyl (C=O) groups excluding carboxylic acids is 2. The van der Waals surface area contributed by atoms with Crippen molar-refractivity contribution in [2.45, 2.75) is 25.9 Å². The average molecular weight is 364 g/mol. The van der Waals surface area contributed by atoms with Gasteiger partial charge in [0.15, 0.2) is 11.6 Å². The number of nitrogens with zero attached hydrogens (tertiary/aromatic N) is 2. The van der Waals surface area contributed by atoms with E-state index in [-0.39, 0.29) is 6.54 Å². The lowest BCUT2D eigenvalue weighted by atomic mass is 10.0. The van der Waals surface area contributed by atoms with E-state index in [1.807, 2.05) is 0 Å². The standard InChI is InChI=1S/C17H18F2N4O3/c1-9(25)20-15(8-24)17(26)23-5-4-14-11(7-23)16(22-21-14)10-2-3-12(18)13(19)6-10/h2-3,6,15,24H,4-5,7-8H2,1H3,(H,20,25)(H,21,22)/t15-/m0/s1. The number of aliphatic hydroxyl groups excluding tert-OH is 1. The molecule has 7 nitrogen and oxygen atoms in total. The second kappa shape index (κ2) is 7.20.